The summed E-state index contributed by atoms with van der Waals surface area (Å²) in [6.45, 7) is 7.20. The highest BCUT2D eigenvalue weighted by molar-refractivity contribution is 5.69. The minimum atomic E-state index is 0.000950. The first kappa shape index (κ1) is 23.5. The van der Waals surface area contributed by atoms with Crippen molar-refractivity contribution in [3.63, 3.8) is 0 Å². The van der Waals surface area contributed by atoms with Crippen LogP contribution in [0.1, 0.15) is 124 Å². The largest absolute Gasteiger partial charge is 0.465 e. The maximum Gasteiger partial charge on any atom is 0.305 e. The van der Waals surface area contributed by atoms with E-state index in [0.29, 0.717) is 18.9 Å². The third-order valence-corrected chi connectivity index (χ3v) is 4.79. The molecule has 0 fully saturated rings. The van der Waals surface area contributed by atoms with E-state index in [0.717, 1.165) is 19.3 Å². The fourth-order valence-corrected chi connectivity index (χ4v) is 3.17. The lowest BCUT2D eigenvalue weighted by Crippen LogP contribution is -2.11. The molecular weight excluding hydrogens is 296 g/mol. The van der Waals surface area contributed by atoms with Gasteiger partial charge in [-0.15, -0.1) is 0 Å². The Balaban J connectivity index is 3.18. The summed E-state index contributed by atoms with van der Waals surface area (Å²) in [5.41, 5.74) is 0. The van der Waals surface area contributed by atoms with Crippen molar-refractivity contribution in [2.75, 3.05) is 6.61 Å². The first-order valence-corrected chi connectivity index (χ1v) is 10.9. The SMILES string of the molecule is CCCCCCCCCCCCCCCC(=O)OC[C@@H](C)CCC. The molecule has 0 spiro atoms. The summed E-state index contributed by atoms with van der Waals surface area (Å²) in [5, 5.41) is 0. The van der Waals surface area contributed by atoms with E-state index >= 15 is 0 Å². The zero-order valence-corrected chi connectivity index (χ0v) is 16.9. The van der Waals surface area contributed by atoms with Crippen molar-refractivity contribution in [1.29, 1.82) is 0 Å². The molecule has 0 unspecified atom stereocenters. The van der Waals surface area contributed by atoms with Gasteiger partial charge in [0.15, 0.2) is 0 Å². The predicted molar refractivity (Wildman–Crippen MR) is 105 cm³/mol. The van der Waals surface area contributed by atoms with Crippen molar-refractivity contribution in [3.05, 3.63) is 0 Å². The van der Waals surface area contributed by atoms with E-state index in [4.69, 9.17) is 4.74 Å². The minimum absolute atomic E-state index is 0.000950. The minimum Gasteiger partial charge on any atom is -0.465 e. The second kappa shape index (κ2) is 18.8. The topological polar surface area (TPSA) is 26.3 Å². The highest BCUT2D eigenvalue weighted by atomic mass is 16.5. The number of esters is 1. The zero-order valence-electron chi connectivity index (χ0n) is 16.9. The summed E-state index contributed by atoms with van der Waals surface area (Å²) in [6, 6.07) is 0. The highest BCUT2D eigenvalue weighted by Gasteiger charge is 2.06. The van der Waals surface area contributed by atoms with E-state index in [9.17, 15) is 4.79 Å². The summed E-state index contributed by atoms with van der Waals surface area (Å²) in [6.07, 6.45) is 20.3. The molecule has 0 aliphatic heterocycles. The van der Waals surface area contributed by atoms with Crippen LogP contribution in [0.2, 0.25) is 0 Å². The van der Waals surface area contributed by atoms with Gasteiger partial charge in [-0.2, -0.15) is 0 Å². The summed E-state index contributed by atoms with van der Waals surface area (Å²) >= 11 is 0. The molecule has 0 aromatic heterocycles. The number of carbonyl (C=O) groups is 1. The Morgan fingerprint density at radius 2 is 1.17 bits per heavy atom. The van der Waals surface area contributed by atoms with Crippen LogP contribution in [0, 0.1) is 5.92 Å². The van der Waals surface area contributed by atoms with Gasteiger partial charge in [-0.25, -0.2) is 0 Å². The van der Waals surface area contributed by atoms with E-state index in [1.807, 2.05) is 0 Å². The molecule has 2 heteroatoms. The molecule has 0 aromatic rings. The fourth-order valence-electron chi connectivity index (χ4n) is 3.17. The number of hydrogen-bond donors (Lipinski definition) is 0. The van der Waals surface area contributed by atoms with Crippen LogP contribution in [0.3, 0.4) is 0 Å². The van der Waals surface area contributed by atoms with E-state index in [1.165, 1.54) is 77.0 Å². The molecule has 0 saturated heterocycles. The first-order valence-electron chi connectivity index (χ1n) is 10.9. The van der Waals surface area contributed by atoms with Crippen LogP contribution in [0.5, 0.6) is 0 Å². The average Bonchev–Trinajstić information content (AvgIpc) is 2.57. The van der Waals surface area contributed by atoms with Crippen molar-refractivity contribution in [1.82, 2.24) is 0 Å². The lowest BCUT2D eigenvalue weighted by molar-refractivity contribution is -0.145. The Bertz CT molecular complexity index is 263. The fraction of sp³-hybridized carbons (Fsp3) is 0.955. The van der Waals surface area contributed by atoms with E-state index in [2.05, 4.69) is 20.8 Å². The number of carbonyl (C=O) groups excluding carboxylic acids is 1. The molecule has 2 nitrogen and oxygen atoms in total. The van der Waals surface area contributed by atoms with E-state index in [1.54, 1.807) is 0 Å². The van der Waals surface area contributed by atoms with Crippen LogP contribution in [-0.4, -0.2) is 12.6 Å². The summed E-state index contributed by atoms with van der Waals surface area (Å²) in [5.74, 6) is 0.506. The Morgan fingerprint density at radius 1 is 0.708 bits per heavy atom. The van der Waals surface area contributed by atoms with Gasteiger partial charge in [0.05, 0.1) is 6.61 Å². The van der Waals surface area contributed by atoms with E-state index in [-0.39, 0.29) is 5.97 Å². The van der Waals surface area contributed by atoms with Gasteiger partial charge in [0.1, 0.15) is 0 Å². The van der Waals surface area contributed by atoms with Gasteiger partial charge in [0, 0.05) is 6.42 Å². The van der Waals surface area contributed by atoms with Crippen molar-refractivity contribution in [3.8, 4) is 0 Å². The summed E-state index contributed by atoms with van der Waals surface area (Å²) < 4.78 is 5.32. The smallest absolute Gasteiger partial charge is 0.305 e. The van der Waals surface area contributed by atoms with Crippen LogP contribution in [0.4, 0.5) is 0 Å². The van der Waals surface area contributed by atoms with E-state index < -0.39 is 0 Å². The molecule has 0 heterocycles. The second-order valence-corrected chi connectivity index (χ2v) is 7.57. The molecule has 0 rings (SSSR count). The van der Waals surface area contributed by atoms with Crippen LogP contribution in [-0.2, 0) is 9.53 Å². The van der Waals surface area contributed by atoms with Gasteiger partial charge in [-0.1, -0.05) is 104 Å². The Kier molecular flexibility index (Phi) is 18.4. The summed E-state index contributed by atoms with van der Waals surface area (Å²) in [4.78, 5) is 11.6. The van der Waals surface area contributed by atoms with Gasteiger partial charge in [-0.3, -0.25) is 4.79 Å². The number of unbranched alkanes of at least 4 members (excludes halogenated alkanes) is 12. The molecule has 0 aliphatic rings. The monoisotopic (exact) mass is 340 g/mol. The molecule has 0 radical (unpaired) electrons. The molecule has 24 heavy (non-hydrogen) atoms. The van der Waals surface area contributed by atoms with Gasteiger partial charge in [0.2, 0.25) is 0 Å². The molecule has 0 aliphatic carbocycles. The lowest BCUT2D eigenvalue weighted by Gasteiger charge is -2.10. The maximum absolute atomic E-state index is 11.6. The number of hydrogen-bond acceptors (Lipinski definition) is 2. The Morgan fingerprint density at radius 3 is 1.62 bits per heavy atom. The molecule has 0 saturated carbocycles. The number of rotatable bonds is 18. The first-order chi connectivity index (χ1) is 11.7. The molecule has 144 valence electrons. The highest BCUT2D eigenvalue weighted by Crippen LogP contribution is 2.13. The zero-order chi connectivity index (χ0) is 17.9. The summed E-state index contributed by atoms with van der Waals surface area (Å²) in [7, 11) is 0. The quantitative estimate of drug-likeness (QED) is 0.191. The van der Waals surface area contributed by atoms with Crippen LogP contribution < -0.4 is 0 Å². The third kappa shape index (κ3) is 17.8. The molecule has 0 aromatic carbocycles. The lowest BCUT2D eigenvalue weighted by atomic mass is 10.0. The maximum atomic E-state index is 11.6. The normalized spacial score (nSPS) is 12.3. The average molecular weight is 341 g/mol. The molecule has 1 atom stereocenters. The standard InChI is InChI=1S/C22H44O2/c1-4-6-7-8-9-10-11-12-13-14-15-16-17-19-22(23)24-20-21(3)18-5-2/h21H,4-20H2,1-3H3/t21-/m0/s1. The van der Waals surface area contributed by atoms with Crippen LogP contribution >= 0.6 is 0 Å². The van der Waals surface area contributed by atoms with Gasteiger partial charge in [0.25, 0.3) is 0 Å². The molecule has 0 N–H and O–H groups in total. The van der Waals surface area contributed by atoms with Gasteiger partial charge >= 0.3 is 5.97 Å². The predicted octanol–water partition coefficient (Wildman–Crippen LogP) is 7.45. The molecule has 0 bridgehead atoms. The molecule has 0 amide bonds. The van der Waals surface area contributed by atoms with Crippen LogP contribution in [0.25, 0.3) is 0 Å². The van der Waals surface area contributed by atoms with Crippen LogP contribution in [0.15, 0.2) is 0 Å². The van der Waals surface area contributed by atoms with Crippen molar-refractivity contribution < 1.29 is 9.53 Å². The Labute approximate surface area is 152 Å². The van der Waals surface area contributed by atoms with Crippen molar-refractivity contribution >= 4 is 5.97 Å². The third-order valence-electron chi connectivity index (χ3n) is 4.79. The van der Waals surface area contributed by atoms with Gasteiger partial charge in [-0.05, 0) is 18.8 Å². The second-order valence-electron chi connectivity index (χ2n) is 7.57. The van der Waals surface area contributed by atoms with Gasteiger partial charge < -0.3 is 4.74 Å². The van der Waals surface area contributed by atoms with Crippen molar-refractivity contribution in [2.24, 2.45) is 5.92 Å². The molecular formula is C22H44O2. The Hall–Kier alpha value is -0.530. The number of ether oxygens (including phenoxy) is 1. The van der Waals surface area contributed by atoms with Crippen molar-refractivity contribution in [2.45, 2.75) is 124 Å².